The molecule has 0 unspecified atom stereocenters. The zero-order chi connectivity index (χ0) is 22.2. The molecule has 0 aliphatic heterocycles. The van der Waals surface area contributed by atoms with Crippen LogP contribution in [0.1, 0.15) is 0 Å². The standard InChI is InChI=1S/C31H19N3/c1-2-13-25-21(9-1)22-10-3-8-16-29(22)34-30-18-17-20(19-26(30)32-31(25)34)33-27-14-6-4-11-23(27)24-12-5-7-15-28(24)33/h1-19H. The van der Waals surface area contributed by atoms with Crippen LogP contribution >= 0.6 is 0 Å². The summed E-state index contributed by atoms with van der Waals surface area (Å²) < 4.78 is 4.66. The lowest BCUT2D eigenvalue weighted by molar-refractivity contribution is 1.18. The molecule has 0 aliphatic carbocycles. The minimum atomic E-state index is 1.00. The van der Waals surface area contributed by atoms with Crippen molar-refractivity contribution in [2.45, 2.75) is 0 Å². The first-order chi connectivity index (χ1) is 16.9. The number of nitrogens with zero attached hydrogens (tertiary/aromatic N) is 3. The lowest BCUT2D eigenvalue weighted by Gasteiger charge is -2.09. The first-order valence-corrected chi connectivity index (χ1v) is 11.6. The van der Waals surface area contributed by atoms with Crippen LogP contribution < -0.4 is 0 Å². The fraction of sp³-hybridized carbons (Fsp3) is 0. The Balaban J connectivity index is 1.51. The fourth-order valence-corrected chi connectivity index (χ4v) is 5.64. The van der Waals surface area contributed by atoms with E-state index in [1.54, 1.807) is 0 Å². The highest BCUT2D eigenvalue weighted by Gasteiger charge is 2.16. The quantitative estimate of drug-likeness (QED) is 0.241. The van der Waals surface area contributed by atoms with E-state index >= 15 is 0 Å². The second kappa shape index (κ2) is 6.46. The van der Waals surface area contributed by atoms with E-state index in [0.29, 0.717) is 0 Å². The molecule has 8 aromatic rings. The van der Waals surface area contributed by atoms with Gasteiger partial charge in [-0.1, -0.05) is 78.9 Å². The number of para-hydroxylation sites is 3. The molecule has 0 bridgehead atoms. The summed E-state index contributed by atoms with van der Waals surface area (Å²) >= 11 is 0. The Hall–Kier alpha value is -4.63. The van der Waals surface area contributed by atoms with Gasteiger partial charge < -0.3 is 4.57 Å². The van der Waals surface area contributed by atoms with Crippen LogP contribution in [0.25, 0.3) is 65.8 Å². The molecule has 34 heavy (non-hydrogen) atoms. The van der Waals surface area contributed by atoms with Crippen molar-refractivity contribution >= 4 is 60.2 Å². The summed E-state index contributed by atoms with van der Waals surface area (Å²) in [6.45, 7) is 0. The van der Waals surface area contributed by atoms with Crippen molar-refractivity contribution in [2.24, 2.45) is 0 Å². The highest BCUT2D eigenvalue weighted by molar-refractivity contribution is 6.14. The molecule has 5 aromatic carbocycles. The molecule has 0 saturated heterocycles. The number of imidazole rings is 1. The minimum Gasteiger partial charge on any atom is -0.309 e. The van der Waals surface area contributed by atoms with Gasteiger partial charge in [-0.3, -0.25) is 4.40 Å². The Labute approximate surface area is 195 Å². The van der Waals surface area contributed by atoms with Crippen molar-refractivity contribution in [3.05, 3.63) is 115 Å². The second-order valence-corrected chi connectivity index (χ2v) is 8.88. The minimum absolute atomic E-state index is 1.00. The van der Waals surface area contributed by atoms with Gasteiger partial charge in [0.25, 0.3) is 0 Å². The Bertz CT molecular complexity index is 2020. The molecule has 3 heteroatoms. The van der Waals surface area contributed by atoms with E-state index in [1.165, 1.54) is 43.5 Å². The molecule has 8 rings (SSSR count). The van der Waals surface area contributed by atoms with E-state index in [-0.39, 0.29) is 0 Å². The topological polar surface area (TPSA) is 22.2 Å². The number of hydrogen-bond acceptors (Lipinski definition) is 1. The van der Waals surface area contributed by atoms with Crippen molar-refractivity contribution in [3.63, 3.8) is 0 Å². The van der Waals surface area contributed by atoms with Gasteiger partial charge in [-0.05, 0) is 41.8 Å². The monoisotopic (exact) mass is 433 g/mol. The van der Waals surface area contributed by atoms with Crippen LogP contribution in [0.15, 0.2) is 115 Å². The third-order valence-electron chi connectivity index (χ3n) is 7.08. The van der Waals surface area contributed by atoms with E-state index in [4.69, 9.17) is 4.98 Å². The maximum atomic E-state index is 5.17. The van der Waals surface area contributed by atoms with Crippen LogP contribution in [0, 0.1) is 0 Å². The molecule has 3 aromatic heterocycles. The molecule has 3 heterocycles. The van der Waals surface area contributed by atoms with Crippen molar-refractivity contribution in [2.75, 3.05) is 0 Å². The largest absolute Gasteiger partial charge is 0.309 e. The summed E-state index contributed by atoms with van der Waals surface area (Å²) in [6.07, 6.45) is 0. The van der Waals surface area contributed by atoms with Crippen LogP contribution in [0.2, 0.25) is 0 Å². The van der Waals surface area contributed by atoms with Crippen LogP contribution in [0.3, 0.4) is 0 Å². The van der Waals surface area contributed by atoms with Crippen LogP contribution in [-0.2, 0) is 0 Å². The Morgan fingerprint density at radius 1 is 0.441 bits per heavy atom. The molecule has 0 atom stereocenters. The van der Waals surface area contributed by atoms with Gasteiger partial charge in [0.05, 0.1) is 27.6 Å². The normalized spacial score (nSPS) is 12.1. The van der Waals surface area contributed by atoms with Crippen LogP contribution in [0.5, 0.6) is 0 Å². The number of rotatable bonds is 1. The van der Waals surface area contributed by atoms with E-state index in [2.05, 4.69) is 124 Å². The molecule has 3 nitrogen and oxygen atoms in total. The number of benzene rings is 5. The first kappa shape index (κ1) is 17.9. The zero-order valence-electron chi connectivity index (χ0n) is 18.3. The van der Waals surface area contributed by atoms with E-state index in [0.717, 1.165) is 22.4 Å². The average molecular weight is 434 g/mol. The number of hydrogen-bond donors (Lipinski definition) is 0. The van der Waals surface area contributed by atoms with Crippen LogP contribution in [-0.4, -0.2) is 14.0 Å². The molecule has 158 valence electrons. The third kappa shape index (κ3) is 2.23. The Morgan fingerprint density at radius 2 is 0.971 bits per heavy atom. The summed E-state index contributed by atoms with van der Waals surface area (Å²) in [5.74, 6) is 0. The van der Waals surface area contributed by atoms with Gasteiger partial charge in [0.15, 0.2) is 0 Å². The number of fused-ring (bicyclic) bond motifs is 11. The van der Waals surface area contributed by atoms with Crippen molar-refractivity contribution in [1.29, 1.82) is 0 Å². The van der Waals surface area contributed by atoms with Gasteiger partial charge in [0, 0.05) is 27.2 Å². The first-order valence-electron chi connectivity index (χ1n) is 11.6. The molecule has 0 saturated carbocycles. The maximum absolute atomic E-state index is 5.17. The lowest BCUT2D eigenvalue weighted by Crippen LogP contribution is -1.94. The van der Waals surface area contributed by atoms with Gasteiger partial charge in [0.2, 0.25) is 0 Å². The molecule has 0 fully saturated rings. The van der Waals surface area contributed by atoms with Crippen molar-refractivity contribution in [1.82, 2.24) is 14.0 Å². The highest BCUT2D eigenvalue weighted by atomic mass is 15.0. The molecule has 0 aliphatic rings. The average Bonchev–Trinajstić information content (AvgIpc) is 3.45. The second-order valence-electron chi connectivity index (χ2n) is 8.88. The van der Waals surface area contributed by atoms with E-state index in [1.807, 2.05) is 0 Å². The zero-order valence-corrected chi connectivity index (χ0v) is 18.3. The van der Waals surface area contributed by atoms with Gasteiger partial charge in [0.1, 0.15) is 5.65 Å². The Kier molecular flexibility index (Phi) is 3.39. The van der Waals surface area contributed by atoms with Gasteiger partial charge in [-0.2, -0.15) is 0 Å². The van der Waals surface area contributed by atoms with Gasteiger partial charge in [-0.25, -0.2) is 4.98 Å². The van der Waals surface area contributed by atoms with Gasteiger partial charge in [-0.15, -0.1) is 0 Å². The van der Waals surface area contributed by atoms with Crippen molar-refractivity contribution < 1.29 is 0 Å². The number of aromatic nitrogens is 3. The summed E-state index contributed by atoms with van der Waals surface area (Å²) in [6, 6.07) is 41.1. The molecule has 0 amide bonds. The molecule has 0 N–H and O–H groups in total. The SMILES string of the molecule is c1ccc2c(c1)c1ccccc1n1c3ccc(-n4c5ccccc5c5ccccc54)cc3nc21. The molecule has 0 spiro atoms. The van der Waals surface area contributed by atoms with E-state index < -0.39 is 0 Å². The predicted octanol–water partition coefficient (Wildman–Crippen LogP) is 7.89. The summed E-state index contributed by atoms with van der Waals surface area (Å²) in [5.41, 5.74) is 7.86. The molecule has 0 radical (unpaired) electrons. The number of pyridine rings is 1. The maximum Gasteiger partial charge on any atom is 0.146 e. The van der Waals surface area contributed by atoms with Crippen molar-refractivity contribution in [3.8, 4) is 5.69 Å². The lowest BCUT2D eigenvalue weighted by atomic mass is 10.1. The predicted molar refractivity (Wildman–Crippen MR) is 142 cm³/mol. The molecular weight excluding hydrogens is 414 g/mol. The van der Waals surface area contributed by atoms with Crippen LogP contribution in [0.4, 0.5) is 0 Å². The summed E-state index contributed by atoms with van der Waals surface area (Å²) in [7, 11) is 0. The van der Waals surface area contributed by atoms with E-state index in [9.17, 15) is 0 Å². The summed E-state index contributed by atoms with van der Waals surface area (Å²) in [4.78, 5) is 5.17. The third-order valence-corrected chi connectivity index (χ3v) is 7.08. The smallest absolute Gasteiger partial charge is 0.146 e. The Morgan fingerprint density at radius 3 is 1.65 bits per heavy atom. The molecular formula is C31H19N3. The fourth-order valence-electron chi connectivity index (χ4n) is 5.64. The highest BCUT2D eigenvalue weighted by Crippen LogP contribution is 2.35. The summed E-state index contributed by atoms with van der Waals surface area (Å²) in [5, 5.41) is 6.20. The van der Waals surface area contributed by atoms with Gasteiger partial charge >= 0.3 is 0 Å².